The molecule has 9 aromatic rings. The van der Waals surface area contributed by atoms with Crippen LogP contribution < -0.4 is 0 Å². The third-order valence-corrected chi connectivity index (χ3v) is 9.00. The fourth-order valence-corrected chi connectivity index (χ4v) is 6.55. The van der Waals surface area contributed by atoms with Gasteiger partial charge in [0.05, 0.1) is 0 Å². The Morgan fingerprint density at radius 1 is 0.286 bits per heavy atom. The molecule has 0 fully saturated rings. The van der Waals surface area contributed by atoms with Crippen molar-refractivity contribution in [1.82, 2.24) is 15.0 Å². The van der Waals surface area contributed by atoms with Crippen molar-refractivity contribution in [2.45, 2.75) is 0 Å². The van der Waals surface area contributed by atoms with Crippen molar-refractivity contribution >= 4 is 21.9 Å². The molecule has 4 heteroatoms. The van der Waals surface area contributed by atoms with Gasteiger partial charge in [0.25, 0.3) is 0 Å². The maximum atomic E-state index is 6.24. The van der Waals surface area contributed by atoms with Gasteiger partial charge in [-0.1, -0.05) is 164 Å². The van der Waals surface area contributed by atoms with Crippen molar-refractivity contribution in [1.29, 1.82) is 0 Å². The molecule has 0 unspecified atom stereocenters. The Labute approximate surface area is 284 Å². The quantitative estimate of drug-likeness (QED) is 0.184. The van der Waals surface area contributed by atoms with Crippen LogP contribution in [-0.4, -0.2) is 15.0 Å². The lowest BCUT2D eigenvalue weighted by Gasteiger charge is -2.13. The Morgan fingerprint density at radius 3 is 1.37 bits per heavy atom. The number of hydrogen-bond donors (Lipinski definition) is 0. The van der Waals surface area contributed by atoms with E-state index >= 15 is 0 Å². The number of fused-ring (bicyclic) bond motifs is 3. The molecular weight excluding hydrogens is 599 g/mol. The van der Waals surface area contributed by atoms with E-state index in [1.54, 1.807) is 0 Å². The fraction of sp³-hybridized carbons (Fsp3) is 0. The molecule has 230 valence electrons. The zero-order chi connectivity index (χ0) is 32.6. The molecule has 0 bridgehead atoms. The third-order valence-electron chi connectivity index (χ3n) is 9.00. The third kappa shape index (κ3) is 5.35. The normalized spacial score (nSPS) is 11.3. The van der Waals surface area contributed by atoms with Crippen molar-refractivity contribution in [3.8, 4) is 67.5 Å². The Balaban J connectivity index is 1.15. The molecule has 0 aliphatic rings. The van der Waals surface area contributed by atoms with E-state index in [1.807, 2.05) is 66.7 Å². The number of benzene rings is 7. The second-order valence-electron chi connectivity index (χ2n) is 12.0. The van der Waals surface area contributed by atoms with E-state index in [2.05, 4.69) is 109 Å². The van der Waals surface area contributed by atoms with E-state index in [0.29, 0.717) is 17.5 Å². The second kappa shape index (κ2) is 12.2. The maximum Gasteiger partial charge on any atom is 0.164 e. The first-order valence-electron chi connectivity index (χ1n) is 16.4. The van der Waals surface area contributed by atoms with Crippen LogP contribution in [-0.2, 0) is 0 Å². The lowest BCUT2D eigenvalue weighted by atomic mass is 9.95. The molecule has 0 amide bonds. The van der Waals surface area contributed by atoms with Crippen molar-refractivity contribution in [3.63, 3.8) is 0 Å². The number of hydrogen-bond acceptors (Lipinski definition) is 4. The Bertz CT molecular complexity index is 2570. The highest BCUT2D eigenvalue weighted by molar-refractivity contribution is 6.13. The predicted molar refractivity (Wildman–Crippen MR) is 200 cm³/mol. The van der Waals surface area contributed by atoms with E-state index in [4.69, 9.17) is 19.4 Å². The first-order valence-corrected chi connectivity index (χ1v) is 16.4. The van der Waals surface area contributed by atoms with Gasteiger partial charge in [0.2, 0.25) is 0 Å². The highest BCUT2D eigenvalue weighted by atomic mass is 16.3. The molecule has 2 heterocycles. The summed E-state index contributed by atoms with van der Waals surface area (Å²) in [4.78, 5) is 15.2. The molecule has 0 radical (unpaired) electrons. The summed E-state index contributed by atoms with van der Waals surface area (Å²) in [6.45, 7) is 0. The molecule has 0 aliphatic carbocycles. The van der Waals surface area contributed by atoms with Crippen molar-refractivity contribution in [2.75, 3.05) is 0 Å². The van der Waals surface area contributed by atoms with Crippen molar-refractivity contribution < 1.29 is 4.42 Å². The summed E-state index contributed by atoms with van der Waals surface area (Å²) in [5.74, 6) is 1.87. The summed E-state index contributed by atoms with van der Waals surface area (Å²) < 4.78 is 6.24. The van der Waals surface area contributed by atoms with Crippen LogP contribution in [0.2, 0.25) is 0 Å². The highest BCUT2D eigenvalue weighted by Crippen LogP contribution is 2.40. The van der Waals surface area contributed by atoms with Crippen LogP contribution in [0.25, 0.3) is 89.5 Å². The summed E-state index contributed by atoms with van der Waals surface area (Å²) in [5, 5.41) is 2.16. The minimum absolute atomic E-state index is 0.616. The summed E-state index contributed by atoms with van der Waals surface area (Å²) in [6.07, 6.45) is 0. The Hall–Kier alpha value is -6.65. The average Bonchev–Trinajstić information content (AvgIpc) is 3.58. The molecule has 2 aromatic heterocycles. The van der Waals surface area contributed by atoms with Gasteiger partial charge in [-0.2, -0.15) is 0 Å². The molecule has 7 aromatic carbocycles. The minimum Gasteiger partial charge on any atom is -0.456 e. The van der Waals surface area contributed by atoms with Crippen LogP contribution in [0.1, 0.15) is 0 Å². The number of furan rings is 1. The smallest absolute Gasteiger partial charge is 0.164 e. The van der Waals surface area contributed by atoms with E-state index in [-0.39, 0.29) is 0 Å². The van der Waals surface area contributed by atoms with Gasteiger partial charge in [-0.05, 0) is 45.5 Å². The minimum atomic E-state index is 0.616. The number of aromatic nitrogens is 3. The van der Waals surface area contributed by atoms with Gasteiger partial charge in [0.1, 0.15) is 11.2 Å². The molecule has 0 saturated heterocycles. The second-order valence-corrected chi connectivity index (χ2v) is 12.0. The van der Waals surface area contributed by atoms with Crippen LogP contribution in [0.5, 0.6) is 0 Å². The largest absolute Gasteiger partial charge is 0.456 e. The molecule has 0 N–H and O–H groups in total. The molecular formula is C45H29N3O. The van der Waals surface area contributed by atoms with Crippen molar-refractivity contribution in [3.05, 3.63) is 176 Å². The Kier molecular flexibility index (Phi) is 7.10. The summed E-state index contributed by atoms with van der Waals surface area (Å²) in [7, 11) is 0. The Morgan fingerprint density at radius 2 is 0.714 bits per heavy atom. The lowest BCUT2D eigenvalue weighted by Crippen LogP contribution is -2.01. The topological polar surface area (TPSA) is 51.8 Å². The van der Waals surface area contributed by atoms with Gasteiger partial charge >= 0.3 is 0 Å². The zero-order valence-corrected chi connectivity index (χ0v) is 26.5. The summed E-state index contributed by atoms with van der Waals surface area (Å²) in [5.41, 5.74) is 11.3. The van der Waals surface area contributed by atoms with Gasteiger partial charge in [-0.3, -0.25) is 0 Å². The molecule has 0 spiro atoms. The summed E-state index contributed by atoms with van der Waals surface area (Å²) >= 11 is 0. The standard InChI is InChI=1S/C45H29N3O/c1-3-12-30(13-4-1)31-22-24-32(25-23-31)33-26-28-35(29-27-33)44-46-43(34-14-5-2-6-15-34)47-45(48-44)38-17-8-7-16-36(38)37-19-11-21-41-42(37)39-18-9-10-20-40(39)49-41/h1-29H. The van der Waals surface area contributed by atoms with Gasteiger partial charge in [-0.15, -0.1) is 0 Å². The first kappa shape index (κ1) is 28.6. The number of rotatable bonds is 6. The molecule has 49 heavy (non-hydrogen) atoms. The molecule has 0 aliphatic heterocycles. The van der Waals surface area contributed by atoms with Gasteiger partial charge < -0.3 is 4.42 Å². The lowest BCUT2D eigenvalue weighted by molar-refractivity contribution is 0.669. The summed E-state index contributed by atoms with van der Waals surface area (Å²) in [6, 6.07) is 60.4. The van der Waals surface area contributed by atoms with Crippen LogP contribution >= 0.6 is 0 Å². The predicted octanol–water partition coefficient (Wildman–Crippen LogP) is 11.8. The number of nitrogens with zero attached hydrogens (tertiary/aromatic N) is 3. The average molecular weight is 628 g/mol. The molecule has 9 rings (SSSR count). The van der Waals surface area contributed by atoms with Crippen LogP contribution in [0.15, 0.2) is 180 Å². The SMILES string of the molecule is c1ccc(-c2ccc(-c3ccc(-c4nc(-c5ccccc5)nc(-c5ccccc5-c5cccc6oc7ccccc7c56)n4)cc3)cc2)cc1. The maximum absolute atomic E-state index is 6.24. The van der Waals surface area contributed by atoms with Crippen LogP contribution in [0, 0.1) is 0 Å². The molecule has 0 saturated carbocycles. The highest BCUT2D eigenvalue weighted by Gasteiger charge is 2.19. The van der Waals surface area contributed by atoms with Gasteiger partial charge in [0, 0.05) is 27.5 Å². The first-order chi connectivity index (χ1) is 24.3. The number of para-hydroxylation sites is 1. The molecule has 0 atom stereocenters. The van der Waals surface area contributed by atoms with E-state index < -0.39 is 0 Å². The monoisotopic (exact) mass is 627 g/mol. The van der Waals surface area contributed by atoms with Gasteiger partial charge in [0.15, 0.2) is 17.5 Å². The van der Waals surface area contributed by atoms with E-state index in [9.17, 15) is 0 Å². The van der Waals surface area contributed by atoms with Gasteiger partial charge in [-0.25, -0.2) is 15.0 Å². The fourth-order valence-electron chi connectivity index (χ4n) is 6.55. The zero-order valence-electron chi connectivity index (χ0n) is 26.5. The van der Waals surface area contributed by atoms with Crippen LogP contribution in [0.3, 0.4) is 0 Å². The van der Waals surface area contributed by atoms with E-state index in [0.717, 1.165) is 60.9 Å². The molecule has 4 nitrogen and oxygen atoms in total. The van der Waals surface area contributed by atoms with Crippen LogP contribution in [0.4, 0.5) is 0 Å². The van der Waals surface area contributed by atoms with Crippen molar-refractivity contribution in [2.24, 2.45) is 0 Å². The van der Waals surface area contributed by atoms with E-state index in [1.165, 1.54) is 11.1 Å².